The number of pyridine rings is 1. The Bertz CT molecular complexity index is 730. The SMILES string of the molecule is CC(=O)c1ccccc1OCCOc1ccc(C)nc1[N+](=O)[O-]. The first kappa shape index (κ1) is 16.4. The first-order valence-electron chi connectivity index (χ1n) is 6.96. The van der Waals surface area contributed by atoms with Crippen LogP contribution >= 0.6 is 0 Å². The number of carbonyl (C=O) groups excluding carboxylic acids is 1. The molecule has 1 aromatic carbocycles. The van der Waals surface area contributed by atoms with E-state index >= 15 is 0 Å². The minimum atomic E-state index is -0.589. The van der Waals surface area contributed by atoms with Gasteiger partial charge in [0, 0.05) is 6.92 Å². The number of aromatic nitrogens is 1. The van der Waals surface area contributed by atoms with Gasteiger partial charge in [-0.05, 0) is 41.1 Å². The molecule has 7 heteroatoms. The zero-order valence-corrected chi connectivity index (χ0v) is 12.8. The third-order valence-electron chi connectivity index (χ3n) is 3.02. The van der Waals surface area contributed by atoms with Crippen LogP contribution < -0.4 is 9.47 Å². The van der Waals surface area contributed by atoms with Crippen molar-refractivity contribution in [2.24, 2.45) is 0 Å². The van der Waals surface area contributed by atoms with Gasteiger partial charge in [-0.25, -0.2) is 0 Å². The molecule has 0 saturated carbocycles. The van der Waals surface area contributed by atoms with Gasteiger partial charge in [-0.1, -0.05) is 12.1 Å². The average molecular weight is 316 g/mol. The molecule has 0 fully saturated rings. The van der Waals surface area contributed by atoms with Crippen molar-refractivity contribution in [3.8, 4) is 11.5 Å². The van der Waals surface area contributed by atoms with Crippen molar-refractivity contribution >= 4 is 11.6 Å². The van der Waals surface area contributed by atoms with E-state index in [9.17, 15) is 14.9 Å². The lowest BCUT2D eigenvalue weighted by Gasteiger charge is -2.10. The normalized spacial score (nSPS) is 10.2. The van der Waals surface area contributed by atoms with Crippen molar-refractivity contribution in [3.63, 3.8) is 0 Å². The maximum atomic E-state index is 11.5. The number of Topliss-reactive ketones (excluding diaryl/α,β-unsaturated/α-hetero) is 1. The number of para-hydroxylation sites is 1. The fourth-order valence-corrected chi connectivity index (χ4v) is 1.96. The quantitative estimate of drug-likeness (QED) is 0.337. The Balaban J connectivity index is 1.97. The molecule has 0 N–H and O–H groups in total. The second-order valence-corrected chi connectivity index (χ2v) is 4.78. The molecular formula is C16H16N2O5. The topological polar surface area (TPSA) is 91.6 Å². The molecule has 0 unspecified atom stereocenters. The van der Waals surface area contributed by atoms with Crippen LogP contribution in [0.15, 0.2) is 36.4 Å². The number of carbonyl (C=O) groups is 1. The fourth-order valence-electron chi connectivity index (χ4n) is 1.96. The fraction of sp³-hybridized carbons (Fsp3) is 0.250. The van der Waals surface area contributed by atoms with Crippen LogP contribution in [0.2, 0.25) is 0 Å². The monoisotopic (exact) mass is 316 g/mol. The van der Waals surface area contributed by atoms with Gasteiger partial charge in [-0.3, -0.25) is 4.79 Å². The van der Waals surface area contributed by atoms with Gasteiger partial charge in [0.05, 0.1) is 5.56 Å². The molecule has 23 heavy (non-hydrogen) atoms. The minimum Gasteiger partial charge on any atom is -0.489 e. The molecule has 0 saturated heterocycles. The summed E-state index contributed by atoms with van der Waals surface area (Å²) in [5, 5.41) is 10.9. The van der Waals surface area contributed by atoms with E-state index in [1.54, 1.807) is 37.3 Å². The third-order valence-corrected chi connectivity index (χ3v) is 3.02. The summed E-state index contributed by atoms with van der Waals surface area (Å²) in [5.74, 6) is 0.123. The Morgan fingerprint density at radius 3 is 2.43 bits per heavy atom. The summed E-state index contributed by atoms with van der Waals surface area (Å²) in [5.41, 5.74) is 1.02. The Labute approximate surface area is 133 Å². The van der Waals surface area contributed by atoms with Crippen LogP contribution in [-0.4, -0.2) is 28.9 Å². The maximum Gasteiger partial charge on any atom is 0.406 e. The van der Waals surface area contributed by atoms with Gasteiger partial charge in [0.1, 0.15) is 24.7 Å². The van der Waals surface area contributed by atoms with E-state index in [4.69, 9.17) is 9.47 Å². The van der Waals surface area contributed by atoms with E-state index in [0.717, 1.165) is 0 Å². The predicted molar refractivity (Wildman–Crippen MR) is 83.1 cm³/mol. The van der Waals surface area contributed by atoms with Crippen molar-refractivity contribution < 1.29 is 19.2 Å². The summed E-state index contributed by atoms with van der Waals surface area (Å²) in [6.45, 7) is 3.37. The van der Waals surface area contributed by atoms with E-state index < -0.39 is 4.92 Å². The van der Waals surface area contributed by atoms with E-state index in [1.165, 1.54) is 13.0 Å². The van der Waals surface area contributed by atoms with Gasteiger partial charge >= 0.3 is 5.82 Å². The zero-order chi connectivity index (χ0) is 16.8. The van der Waals surface area contributed by atoms with Crippen LogP contribution in [0.25, 0.3) is 0 Å². The number of aryl methyl sites for hydroxylation is 1. The van der Waals surface area contributed by atoms with E-state index in [0.29, 0.717) is 17.0 Å². The minimum absolute atomic E-state index is 0.0871. The van der Waals surface area contributed by atoms with Crippen molar-refractivity contribution in [3.05, 3.63) is 57.8 Å². The zero-order valence-electron chi connectivity index (χ0n) is 12.8. The van der Waals surface area contributed by atoms with Gasteiger partial charge in [-0.2, -0.15) is 0 Å². The van der Waals surface area contributed by atoms with Crippen LogP contribution in [0.5, 0.6) is 11.5 Å². The predicted octanol–water partition coefficient (Wildman–Crippen LogP) is 2.96. The number of hydrogen-bond donors (Lipinski definition) is 0. The molecule has 0 aliphatic rings. The molecule has 0 spiro atoms. The average Bonchev–Trinajstić information content (AvgIpc) is 2.52. The molecule has 7 nitrogen and oxygen atoms in total. The van der Waals surface area contributed by atoms with Gasteiger partial charge in [0.15, 0.2) is 5.78 Å². The molecule has 0 aliphatic carbocycles. The highest BCUT2D eigenvalue weighted by Crippen LogP contribution is 2.24. The van der Waals surface area contributed by atoms with Gasteiger partial charge in [0.25, 0.3) is 0 Å². The Kier molecular flexibility index (Phi) is 5.24. The lowest BCUT2D eigenvalue weighted by Crippen LogP contribution is -2.12. The lowest BCUT2D eigenvalue weighted by molar-refractivity contribution is -0.390. The number of nitrogens with zero attached hydrogens (tertiary/aromatic N) is 2. The van der Waals surface area contributed by atoms with E-state index in [-0.39, 0.29) is 30.6 Å². The molecule has 2 aromatic rings. The lowest BCUT2D eigenvalue weighted by atomic mass is 10.1. The number of ketones is 1. The second kappa shape index (κ2) is 7.35. The van der Waals surface area contributed by atoms with Crippen LogP contribution in [0.3, 0.4) is 0 Å². The Morgan fingerprint density at radius 2 is 1.78 bits per heavy atom. The first-order valence-corrected chi connectivity index (χ1v) is 6.96. The summed E-state index contributed by atoms with van der Waals surface area (Å²) in [7, 11) is 0. The van der Waals surface area contributed by atoms with E-state index in [1.807, 2.05) is 0 Å². The molecule has 120 valence electrons. The van der Waals surface area contributed by atoms with Crippen molar-refractivity contribution in [1.29, 1.82) is 0 Å². The Hall–Kier alpha value is -2.96. The summed E-state index contributed by atoms with van der Waals surface area (Å²) in [6, 6.07) is 10.0. The van der Waals surface area contributed by atoms with Gasteiger partial charge in [-0.15, -0.1) is 0 Å². The van der Waals surface area contributed by atoms with Crippen molar-refractivity contribution in [1.82, 2.24) is 4.98 Å². The molecule has 1 aromatic heterocycles. The number of nitro groups is 1. The number of ether oxygens (including phenoxy) is 2. The van der Waals surface area contributed by atoms with Crippen LogP contribution in [-0.2, 0) is 0 Å². The van der Waals surface area contributed by atoms with Gasteiger partial charge < -0.3 is 19.6 Å². The van der Waals surface area contributed by atoms with Crippen LogP contribution in [0.1, 0.15) is 23.0 Å². The summed E-state index contributed by atoms with van der Waals surface area (Å²) in [4.78, 5) is 25.7. The largest absolute Gasteiger partial charge is 0.489 e. The van der Waals surface area contributed by atoms with Crippen LogP contribution in [0, 0.1) is 17.0 Å². The molecular weight excluding hydrogens is 300 g/mol. The van der Waals surface area contributed by atoms with E-state index in [2.05, 4.69) is 4.98 Å². The second-order valence-electron chi connectivity index (χ2n) is 4.78. The molecule has 1 heterocycles. The molecule has 0 bridgehead atoms. The van der Waals surface area contributed by atoms with Gasteiger partial charge in [0.2, 0.25) is 5.75 Å². The number of hydrogen-bond acceptors (Lipinski definition) is 6. The summed E-state index contributed by atoms with van der Waals surface area (Å²) >= 11 is 0. The third kappa shape index (κ3) is 4.26. The molecule has 2 rings (SSSR count). The highest BCUT2D eigenvalue weighted by Gasteiger charge is 2.17. The van der Waals surface area contributed by atoms with Crippen molar-refractivity contribution in [2.45, 2.75) is 13.8 Å². The summed E-state index contributed by atoms with van der Waals surface area (Å²) < 4.78 is 10.9. The smallest absolute Gasteiger partial charge is 0.406 e. The standard InChI is InChI=1S/C16H16N2O5/c1-11-7-8-15(16(17-11)18(20)21)23-10-9-22-14-6-4-3-5-13(14)12(2)19/h3-8H,9-10H2,1-2H3. The highest BCUT2D eigenvalue weighted by molar-refractivity contribution is 5.96. The number of benzene rings is 1. The molecule has 0 atom stereocenters. The van der Waals surface area contributed by atoms with Crippen molar-refractivity contribution in [2.75, 3.05) is 13.2 Å². The Morgan fingerprint density at radius 1 is 1.13 bits per heavy atom. The maximum absolute atomic E-state index is 11.5. The molecule has 0 aliphatic heterocycles. The highest BCUT2D eigenvalue weighted by atomic mass is 16.6. The molecule has 0 amide bonds. The molecule has 0 radical (unpaired) electrons. The number of rotatable bonds is 7. The first-order chi connectivity index (χ1) is 11.0. The van der Waals surface area contributed by atoms with Crippen LogP contribution in [0.4, 0.5) is 5.82 Å². The summed E-state index contributed by atoms with van der Waals surface area (Å²) in [6.07, 6.45) is 0.